The van der Waals surface area contributed by atoms with E-state index in [1.54, 1.807) is 0 Å². The minimum atomic E-state index is 0.188. The lowest BCUT2D eigenvalue weighted by atomic mass is 9.84. The molecule has 0 aromatic rings. The molecule has 2 heterocycles. The molecule has 2 saturated heterocycles. The van der Waals surface area contributed by atoms with Crippen LogP contribution in [0.3, 0.4) is 0 Å². The molecule has 2 amide bonds. The minimum Gasteiger partial charge on any atom is -0.353 e. The van der Waals surface area contributed by atoms with Crippen molar-refractivity contribution >= 4 is 11.8 Å². The fraction of sp³-hybridized carbons (Fsp3) is 0.882. The summed E-state index contributed by atoms with van der Waals surface area (Å²) in [6.45, 7) is 1.68. The summed E-state index contributed by atoms with van der Waals surface area (Å²) in [5, 5.41) is 3.08. The van der Waals surface area contributed by atoms with Crippen molar-refractivity contribution in [3.63, 3.8) is 0 Å². The molecule has 2 unspecified atom stereocenters. The predicted octanol–water partition coefficient (Wildman–Crippen LogP) is 2.47. The fourth-order valence-corrected chi connectivity index (χ4v) is 4.30. The molecule has 0 spiro atoms. The first kappa shape index (κ1) is 14.9. The van der Waals surface area contributed by atoms with Gasteiger partial charge < -0.3 is 10.2 Å². The largest absolute Gasteiger partial charge is 0.353 e. The van der Waals surface area contributed by atoms with Gasteiger partial charge in [0.1, 0.15) is 0 Å². The standard InChI is InChI=1S/C17H28N2O2/c20-16-8-7-14-12-19(11-10-15(14)18-16)17(21)9-6-13-4-2-1-3-5-13/h13-15H,1-12H2,(H,18,20). The monoisotopic (exact) mass is 292 g/mol. The number of rotatable bonds is 3. The van der Waals surface area contributed by atoms with Gasteiger partial charge in [-0.3, -0.25) is 9.59 Å². The van der Waals surface area contributed by atoms with E-state index in [-0.39, 0.29) is 5.91 Å². The second kappa shape index (κ2) is 6.80. The topological polar surface area (TPSA) is 49.4 Å². The van der Waals surface area contributed by atoms with Gasteiger partial charge in [-0.15, -0.1) is 0 Å². The van der Waals surface area contributed by atoms with Crippen molar-refractivity contribution in [3.8, 4) is 0 Å². The van der Waals surface area contributed by atoms with Crippen LogP contribution in [0.5, 0.6) is 0 Å². The number of fused-ring (bicyclic) bond motifs is 1. The van der Waals surface area contributed by atoms with Crippen LogP contribution in [0.1, 0.15) is 64.2 Å². The number of piperidine rings is 2. The van der Waals surface area contributed by atoms with Crippen LogP contribution in [-0.4, -0.2) is 35.8 Å². The van der Waals surface area contributed by atoms with Gasteiger partial charge in [0.15, 0.2) is 0 Å². The SMILES string of the molecule is O=C1CCC2CN(C(=O)CCC3CCCCC3)CCC2N1. The number of carbonyl (C=O) groups is 2. The predicted molar refractivity (Wildman–Crippen MR) is 81.7 cm³/mol. The van der Waals surface area contributed by atoms with E-state index in [0.717, 1.165) is 44.7 Å². The van der Waals surface area contributed by atoms with Crippen LogP contribution in [0.15, 0.2) is 0 Å². The highest BCUT2D eigenvalue weighted by molar-refractivity contribution is 5.78. The highest BCUT2D eigenvalue weighted by Crippen LogP contribution is 2.29. The van der Waals surface area contributed by atoms with Crippen molar-refractivity contribution in [1.29, 1.82) is 0 Å². The summed E-state index contributed by atoms with van der Waals surface area (Å²) in [6.07, 6.45) is 11.1. The number of amides is 2. The molecule has 4 nitrogen and oxygen atoms in total. The molecule has 0 aromatic carbocycles. The van der Waals surface area contributed by atoms with Gasteiger partial charge in [0.05, 0.1) is 0 Å². The average molecular weight is 292 g/mol. The number of hydrogen-bond acceptors (Lipinski definition) is 2. The number of nitrogens with zero attached hydrogens (tertiary/aromatic N) is 1. The molecular weight excluding hydrogens is 264 g/mol. The fourth-order valence-electron chi connectivity index (χ4n) is 4.30. The maximum atomic E-state index is 12.4. The van der Waals surface area contributed by atoms with E-state index in [9.17, 15) is 9.59 Å². The molecule has 3 rings (SSSR count). The van der Waals surface area contributed by atoms with Crippen LogP contribution < -0.4 is 5.32 Å². The summed E-state index contributed by atoms with van der Waals surface area (Å²) in [7, 11) is 0. The maximum absolute atomic E-state index is 12.4. The van der Waals surface area contributed by atoms with Gasteiger partial charge in [-0.2, -0.15) is 0 Å². The Labute approximate surface area is 127 Å². The highest BCUT2D eigenvalue weighted by Gasteiger charge is 2.35. The Morgan fingerprint density at radius 3 is 2.76 bits per heavy atom. The Hall–Kier alpha value is -1.06. The third-order valence-corrected chi connectivity index (χ3v) is 5.67. The first-order valence-corrected chi connectivity index (χ1v) is 8.79. The Bertz CT molecular complexity index is 390. The summed E-state index contributed by atoms with van der Waals surface area (Å²) in [6, 6.07) is 0.314. The van der Waals surface area contributed by atoms with Crippen molar-refractivity contribution < 1.29 is 9.59 Å². The molecule has 118 valence electrons. The molecule has 4 heteroatoms. The van der Waals surface area contributed by atoms with Gasteiger partial charge >= 0.3 is 0 Å². The molecule has 2 aliphatic heterocycles. The molecule has 1 N–H and O–H groups in total. The lowest BCUT2D eigenvalue weighted by Crippen LogP contribution is -2.55. The van der Waals surface area contributed by atoms with E-state index in [2.05, 4.69) is 10.2 Å². The van der Waals surface area contributed by atoms with Gasteiger partial charge in [-0.1, -0.05) is 32.1 Å². The Morgan fingerprint density at radius 1 is 1.14 bits per heavy atom. The molecule has 0 aromatic heterocycles. The summed E-state index contributed by atoms with van der Waals surface area (Å²) in [5.74, 6) is 1.80. The molecule has 0 radical (unpaired) electrons. The number of carbonyl (C=O) groups excluding carboxylic acids is 2. The molecule has 3 aliphatic rings. The lowest BCUT2D eigenvalue weighted by molar-refractivity contribution is -0.135. The van der Waals surface area contributed by atoms with Crippen molar-refractivity contribution in [2.45, 2.75) is 70.3 Å². The van der Waals surface area contributed by atoms with Gasteiger partial charge in [0.25, 0.3) is 0 Å². The van der Waals surface area contributed by atoms with Gasteiger partial charge in [-0.25, -0.2) is 0 Å². The lowest BCUT2D eigenvalue weighted by Gasteiger charge is -2.41. The summed E-state index contributed by atoms with van der Waals surface area (Å²) < 4.78 is 0. The van der Waals surface area contributed by atoms with E-state index in [1.165, 1.54) is 32.1 Å². The number of likely N-dealkylation sites (tertiary alicyclic amines) is 1. The Balaban J connectivity index is 1.44. The van der Waals surface area contributed by atoms with Crippen LogP contribution in [0.25, 0.3) is 0 Å². The van der Waals surface area contributed by atoms with Crippen LogP contribution in [-0.2, 0) is 9.59 Å². The number of hydrogen-bond donors (Lipinski definition) is 1. The number of nitrogens with one attached hydrogen (secondary N) is 1. The third-order valence-electron chi connectivity index (χ3n) is 5.67. The molecule has 1 aliphatic carbocycles. The third kappa shape index (κ3) is 3.78. The normalized spacial score (nSPS) is 30.7. The van der Waals surface area contributed by atoms with Crippen LogP contribution in [0.4, 0.5) is 0 Å². The van der Waals surface area contributed by atoms with Crippen molar-refractivity contribution in [1.82, 2.24) is 10.2 Å². The van der Waals surface area contributed by atoms with E-state index in [0.29, 0.717) is 24.3 Å². The van der Waals surface area contributed by atoms with Crippen LogP contribution in [0, 0.1) is 11.8 Å². The van der Waals surface area contributed by atoms with Gasteiger partial charge in [-0.05, 0) is 31.1 Å². The molecule has 3 fully saturated rings. The van der Waals surface area contributed by atoms with Crippen LogP contribution >= 0.6 is 0 Å². The van der Waals surface area contributed by atoms with Crippen molar-refractivity contribution in [3.05, 3.63) is 0 Å². The minimum absolute atomic E-state index is 0.188. The molecule has 2 atom stereocenters. The maximum Gasteiger partial charge on any atom is 0.222 e. The quantitative estimate of drug-likeness (QED) is 0.868. The van der Waals surface area contributed by atoms with Gasteiger partial charge in [0, 0.05) is 32.0 Å². The first-order valence-electron chi connectivity index (χ1n) is 8.79. The zero-order valence-electron chi connectivity index (χ0n) is 13.0. The summed E-state index contributed by atoms with van der Waals surface area (Å²) in [4.78, 5) is 25.9. The smallest absolute Gasteiger partial charge is 0.222 e. The zero-order chi connectivity index (χ0) is 14.7. The first-order chi connectivity index (χ1) is 10.2. The second-order valence-corrected chi connectivity index (χ2v) is 7.14. The van der Waals surface area contributed by atoms with Crippen LogP contribution in [0.2, 0.25) is 0 Å². The molecule has 21 heavy (non-hydrogen) atoms. The molecule has 1 saturated carbocycles. The van der Waals surface area contributed by atoms with E-state index < -0.39 is 0 Å². The van der Waals surface area contributed by atoms with Crippen molar-refractivity contribution in [2.24, 2.45) is 11.8 Å². The summed E-state index contributed by atoms with van der Waals surface area (Å²) >= 11 is 0. The Kier molecular flexibility index (Phi) is 4.81. The Morgan fingerprint density at radius 2 is 1.95 bits per heavy atom. The second-order valence-electron chi connectivity index (χ2n) is 7.14. The average Bonchev–Trinajstić information content (AvgIpc) is 2.53. The highest BCUT2D eigenvalue weighted by atomic mass is 16.2. The molecular formula is C17H28N2O2. The van der Waals surface area contributed by atoms with E-state index in [1.807, 2.05) is 0 Å². The van der Waals surface area contributed by atoms with E-state index >= 15 is 0 Å². The summed E-state index contributed by atoms with van der Waals surface area (Å²) in [5.41, 5.74) is 0. The van der Waals surface area contributed by atoms with Gasteiger partial charge in [0.2, 0.25) is 11.8 Å². The van der Waals surface area contributed by atoms with E-state index in [4.69, 9.17) is 0 Å². The van der Waals surface area contributed by atoms with Crippen molar-refractivity contribution in [2.75, 3.05) is 13.1 Å². The zero-order valence-corrected chi connectivity index (χ0v) is 13.0. The molecule has 0 bridgehead atoms.